The number of nitrogens with one attached hydrogen (secondary N) is 1. The highest BCUT2D eigenvalue weighted by atomic mass is 16.5. The third-order valence-electron chi connectivity index (χ3n) is 4.56. The van der Waals surface area contributed by atoms with E-state index in [4.69, 9.17) is 9.26 Å². The molecule has 25 heavy (non-hydrogen) atoms. The Morgan fingerprint density at radius 3 is 2.64 bits per heavy atom. The third kappa shape index (κ3) is 3.58. The first kappa shape index (κ1) is 17.6. The summed E-state index contributed by atoms with van der Waals surface area (Å²) < 4.78 is 12.9. The fourth-order valence-electron chi connectivity index (χ4n) is 3.37. The summed E-state index contributed by atoms with van der Waals surface area (Å²) in [6.45, 7) is 12.1. The molecular weight excluding hydrogens is 322 g/mol. The predicted octanol–water partition coefficient (Wildman–Crippen LogP) is 2.01. The molecule has 1 fully saturated rings. The molecule has 0 bridgehead atoms. The van der Waals surface area contributed by atoms with Crippen LogP contribution in [-0.4, -0.2) is 43.3 Å². The molecule has 8 heteroatoms. The standard InChI is InChI=1S/C17H25N5O3/c1-10-7-12(24-20-10)9-22-11(2)14(19-21-22)15(23)18-13-8-16(3,4)25-17(13,5)6/h7,13H,8-9H2,1-6H3,(H,18,23)/t13-/m1/s1. The number of aromatic nitrogens is 4. The summed E-state index contributed by atoms with van der Waals surface area (Å²) in [5.74, 6) is 0.432. The van der Waals surface area contributed by atoms with E-state index in [2.05, 4.69) is 20.8 Å². The van der Waals surface area contributed by atoms with Crippen molar-refractivity contribution >= 4 is 5.91 Å². The average molecular weight is 347 g/mol. The first-order valence-electron chi connectivity index (χ1n) is 8.41. The molecule has 2 aromatic rings. The molecule has 3 rings (SSSR count). The summed E-state index contributed by atoms with van der Waals surface area (Å²) in [5, 5.41) is 15.0. The van der Waals surface area contributed by atoms with E-state index in [0.29, 0.717) is 23.7 Å². The van der Waals surface area contributed by atoms with Crippen molar-refractivity contribution < 1.29 is 14.1 Å². The summed E-state index contributed by atoms with van der Waals surface area (Å²) in [4.78, 5) is 12.7. The predicted molar refractivity (Wildman–Crippen MR) is 90.2 cm³/mol. The van der Waals surface area contributed by atoms with Crippen LogP contribution in [0.3, 0.4) is 0 Å². The smallest absolute Gasteiger partial charge is 0.274 e. The van der Waals surface area contributed by atoms with Crippen LogP contribution in [0.1, 0.15) is 61.8 Å². The van der Waals surface area contributed by atoms with Crippen LogP contribution in [0.15, 0.2) is 10.6 Å². The lowest BCUT2D eigenvalue weighted by Gasteiger charge is -2.27. The summed E-state index contributed by atoms with van der Waals surface area (Å²) >= 11 is 0. The van der Waals surface area contributed by atoms with Gasteiger partial charge in [0.2, 0.25) is 0 Å². The molecule has 1 aliphatic heterocycles. The second-order valence-corrected chi connectivity index (χ2v) is 7.81. The van der Waals surface area contributed by atoms with Gasteiger partial charge in [0.05, 0.1) is 28.6 Å². The minimum atomic E-state index is -0.430. The van der Waals surface area contributed by atoms with Gasteiger partial charge in [0.25, 0.3) is 5.91 Å². The van der Waals surface area contributed by atoms with Crippen molar-refractivity contribution in [2.75, 3.05) is 0 Å². The van der Waals surface area contributed by atoms with Crippen molar-refractivity contribution in [1.82, 2.24) is 25.5 Å². The molecule has 0 saturated carbocycles. The third-order valence-corrected chi connectivity index (χ3v) is 4.56. The molecule has 136 valence electrons. The van der Waals surface area contributed by atoms with Crippen LogP contribution in [0.5, 0.6) is 0 Å². The number of nitrogens with zero attached hydrogens (tertiary/aromatic N) is 4. The van der Waals surface area contributed by atoms with Crippen LogP contribution in [0, 0.1) is 13.8 Å². The van der Waals surface area contributed by atoms with Gasteiger partial charge >= 0.3 is 0 Å². The maximum Gasteiger partial charge on any atom is 0.274 e. The van der Waals surface area contributed by atoms with Gasteiger partial charge in [-0.3, -0.25) is 4.79 Å². The van der Waals surface area contributed by atoms with Gasteiger partial charge in [0, 0.05) is 6.07 Å². The van der Waals surface area contributed by atoms with E-state index in [1.165, 1.54) is 0 Å². The lowest BCUT2D eigenvalue weighted by Crippen LogP contribution is -2.46. The van der Waals surface area contributed by atoms with Gasteiger partial charge in [0.15, 0.2) is 11.5 Å². The van der Waals surface area contributed by atoms with Crippen LogP contribution in [0.4, 0.5) is 0 Å². The van der Waals surface area contributed by atoms with E-state index < -0.39 is 5.60 Å². The van der Waals surface area contributed by atoms with E-state index >= 15 is 0 Å². The molecule has 0 unspecified atom stereocenters. The molecule has 0 radical (unpaired) electrons. The molecule has 1 aliphatic rings. The van der Waals surface area contributed by atoms with Gasteiger partial charge in [-0.2, -0.15) is 0 Å². The maximum absolute atomic E-state index is 12.7. The fourth-order valence-corrected chi connectivity index (χ4v) is 3.37. The molecule has 1 atom stereocenters. The Kier molecular flexibility index (Phi) is 4.18. The monoisotopic (exact) mass is 347 g/mol. The SMILES string of the molecule is Cc1cc(Cn2nnc(C(=O)N[C@@H]3CC(C)(C)OC3(C)C)c2C)on1. The number of hydrogen-bond acceptors (Lipinski definition) is 6. The highest BCUT2D eigenvalue weighted by molar-refractivity contribution is 5.93. The number of amides is 1. The number of aryl methyl sites for hydroxylation is 1. The van der Waals surface area contributed by atoms with E-state index in [1.807, 2.05) is 47.6 Å². The zero-order valence-corrected chi connectivity index (χ0v) is 15.6. The van der Waals surface area contributed by atoms with Gasteiger partial charge in [0.1, 0.15) is 6.54 Å². The van der Waals surface area contributed by atoms with E-state index in [-0.39, 0.29) is 17.6 Å². The van der Waals surface area contributed by atoms with Crippen LogP contribution in [0.2, 0.25) is 0 Å². The molecule has 0 aromatic carbocycles. The molecule has 1 N–H and O–H groups in total. The number of carbonyl (C=O) groups is 1. The quantitative estimate of drug-likeness (QED) is 0.909. The Labute approximate surface area is 146 Å². The first-order chi connectivity index (χ1) is 11.6. The second-order valence-electron chi connectivity index (χ2n) is 7.81. The highest BCUT2D eigenvalue weighted by Gasteiger charge is 2.46. The number of rotatable bonds is 4. The highest BCUT2D eigenvalue weighted by Crippen LogP contribution is 2.37. The van der Waals surface area contributed by atoms with Crippen LogP contribution < -0.4 is 5.32 Å². The van der Waals surface area contributed by atoms with Gasteiger partial charge < -0.3 is 14.6 Å². The summed E-state index contributed by atoms with van der Waals surface area (Å²) in [7, 11) is 0. The molecular formula is C17H25N5O3. The molecule has 0 aliphatic carbocycles. The van der Waals surface area contributed by atoms with Crippen LogP contribution >= 0.6 is 0 Å². The largest absolute Gasteiger partial charge is 0.367 e. The topological polar surface area (TPSA) is 95.1 Å². The number of carbonyl (C=O) groups excluding carboxylic acids is 1. The Morgan fingerprint density at radius 1 is 1.36 bits per heavy atom. The van der Waals surface area contributed by atoms with Gasteiger partial charge in [-0.1, -0.05) is 10.4 Å². The van der Waals surface area contributed by atoms with Crippen molar-refractivity contribution in [3.8, 4) is 0 Å². The lowest BCUT2D eigenvalue weighted by atomic mass is 9.94. The zero-order valence-electron chi connectivity index (χ0n) is 15.6. The van der Waals surface area contributed by atoms with E-state index in [9.17, 15) is 4.79 Å². The van der Waals surface area contributed by atoms with Gasteiger partial charge in [-0.15, -0.1) is 5.10 Å². The molecule has 1 amide bonds. The Hall–Kier alpha value is -2.22. The summed E-state index contributed by atoms with van der Waals surface area (Å²) in [5.41, 5.74) is 1.11. The Balaban J connectivity index is 1.73. The zero-order chi connectivity index (χ0) is 18.4. The van der Waals surface area contributed by atoms with Crippen molar-refractivity contribution in [2.24, 2.45) is 0 Å². The minimum Gasteiger partial charge on any atom is -0.367 e. The van der Waals surface area contributed by atoms with Crippen molar-refractivity contribution in [2.45, 2.75) is 71.8 Å². The molecule has 2 aromatic heterocycles. The maximum atomic E-state index is 12.7. The summed E-state index contributed by atoms with van der Waals surface area (Å²) in [6, 6.07) is 1.75. The average Bonchev–Trinajstić information content (AvgIpc) is 3.09. The van der Waals surface area contributed by atoms with E-state index in [1.54, 1.807) is 4.68 Å². The molecule has 8 nitrogen and oxygen atoms in total. The molecule has 1 saturated heterocycles. The fraction of sp³-hybridized carbons (Fsp3) is 0.647. The van der Waals surface area contributed by atoms with Crippen molar-refractivity contribution in [1.29, 1.82) is 0 Å². The number of hydrogen-bond donors (Lipinski definition) is 1. The molecule has 0 spiro atoms. The normalized spacial score (nSPS) is 21.4. The lowest BCUT2D eigenvalue weighted by molar-refractivity contribution is -0.0693. The second kappa shape index (κ2) is 5.94. The van der Waals surface area contributed by atoms with Crippen molar-refractivity contribution in [3.63, 3.8) is 0 Å². The van der Waals surface area contributed by atoms with Crippen LogP contribution in [0.25, 0.3) is 0 Å². The summed E-state index contributed by atoms with van der Waals surface area (Å²) in [6.07, 6.45) is 0.746. The first-order valence-corrected chi connectivity index (χ1v) is 8.41. The van der Waals surface area contributed by atoms with Crippen molar-refractivity contribution in [3.05, 3.63) is 28.9 Å². The Bertz CT molecular complexity index is 790. The van der Waals surface area contributed by atoms with Gasteiger partial charge in [-0.05, 0) is 48.0 Å². The van der Waals surface area contributed by atoms with Gasteiger partial charge in [-0.25, -0.2) is 4.68 Å². The number of ether oxygens (including phenoxy) is 1. The van der Waals surface area contributed by atoms with Crippen LogP contribution in [-0.2, 0) is 11.3 Å². The molecule has 3 heterocycles. The minimum absolute atomic E-state index is 0.0866. The van der Waals surface area contributed by atoms with E-state index in [0.717, 1.165) is 12.1 Å². The Morgan fingerprint density at radius 2 is 2.08 bits per heavy atom.